The van der Waals surface area contributed by atoms with Crippen LogP contribution in [0.25, 0.3) is 0 Å². The Bertz CT molecular complexity index is 805. The number of methoxy groups -OCH3 is 1. The number of nitrogens with one attached hydrogen (secondary N) is 2. The van der Waals surface area contributed by atoms with Crippen molar-refractivity contribution in [2.75, 3.05) is 47.4 Å². The number of carbonyl (C=O) groups excluding carboxylic acids is 2. The first-order chi connectivity index (χ1) is 14.4. The predicted molar refractivity (Wildman–Crippen MR) is 115 cm³/mol. The van der Waals surface area contributed by atoms with Crippen molar-refractivity contribution < 1.29 is 14.3 Å². The van der Waals surface area contributed by atoms with Gasteiger partial charge >= 0.3 is 6.03 Å². The summed E-state index contributed by atoms with van der Waals surface area (Å²) in [5.41, 5.74) is 0.956. The van der Waals surface area contributed by atoms with Crippen LogP contribution in [-0.4, -0.2) is 69.1 Å². The number of benzene rings is 1. The minimum absolute atomic E-state index is 0.00762. The maximum atomic E-state index is 12.8. The molecule has 2 saturated heterocycles. The Labute approximate surface area is 179 Å². The molecular formula is C23H34N4O3. The van der Waals surface area contributed by atoms with E-state index >= 15 is 0 Å². The highest BCUT2D eigenvalue weighted by Crippen LogP contribution is 2.61. The molecule has 2 N–H and O–H groups in total. The molecule has 1 saturated carbocycles. The molecule has 3 fully saturated rings. The quantitative estimate of drug-likeness (QED) is 0.791. The van der Waals surface area contributed by atoms with Crippen molar-refractivity contribution in [1.82, 2.24) is 20.4 Å². The maximum Gasteiger partial charge on any atom is 0.317 e. The summed E-state index contributed by atoms with van der Waals surface area (Å²) in [4.78, 5) is 29.8. The number of amides is 3. The number of hydrogen-bond acceptors (Lipinski definition) is 4. The van der Waals surface area contributed by atoms with E-state index in [1.165, 1.54) is 0 Å². The van der Waals surface area contributed by atoms with Gasteiger partial charge in [0.15, 0.2) is 0 Å². The van der Waals surface area contributed by atoms with Crippen molar-refractivity contribution in [3.8, 4) is 5.75 Å². The molecule has 164 valence electrons. The van der Waals surface area contributed by atoms with E-state index in [0.717, 1.165) is 63.2 Å². The van der Waals surface area contributed by atoms with Gasteiger partial charge in [0.1, 0.15) is 5.75 Å². The van der Waals surface area contributed by atoms with Gasteiger partial charge in [0.2, 0.25) is 5.91 Å². The molecule has 2 atom stereocenters. The molecule has 0 radical (unpaired) electrons. The first kappa shape index (κ1) is 21.0. The van der Waals surface area contributed by atoms with Crippen LogP contribution in [0.2, 0.25) is 0 Å². The molecule has 2 heterocycles. The number of rotatable bonds is 4. The van der Waals surface area contributed by atoms with Crippen LogP contribution in [0.3, 0.4) is 0 Å². The van der Waals surface area contributed by atoms with Crippen molar-refractivity contribution in [1.29, 1.82) is 0 Å². The van der Waals surface area contributed by atoms with Gasteiger partial charge in [-0.3, -0.25) is 4.79 Å². The van der Waals surface area contributed by atoms with Crippen molar-refractivity contribution in [2.45, 2.75) is 32.2 Å². The normalized spacial score (nSPS) is 27.7. The summed E-state index contributed by atoms with van der Waals surface area (Å²) in [6.45, 7) is 3.84. The van der Waals surface area contributed by atoms with Crippen molar-refractivity contribution in [3.63, 3.8) is 0 Å². The second-order valence-corrected chi connectivity index (χ2v) is 9.34. The third-order valence-electron chi connectivity index (χ3n) is 7.83. The highest BCUT2D eigenvalue weighted by molar-refractivity contribution is 5.84. The van der Waals surface area contributed by atoms with E-state index in [4.69, 9.17) is 4.74 Å². The van der Waals surface area contributed by atoms with Crippen LogP contribution < -0.4 is 15.4 Å². The number of ether oxygens (including phenoxy) is 1. The fraction of sp³-hybridized carbons (Fsp3) is 0.652. The molecule has 1 spiro atoms. The summed E-state index contributed by atoms with van der Waals surface area (Å²) < 4.78 is 5.25. The Balaban J connectivity index is 1.36. The van der Waals surface area contributed by atoms with Crippen LogP contribution in [0.1, 0.15) is 31.2 Å². The van der Waals surface area contributed by atoms with E-state index in [-0.39, 0.29) is 22.8 Å². The van der Waals surface area contributed by atoms with Crippen LogP contribution in [0.5, 0.6) is 5.75 Å². The topological polar surface area (TPSA) is 73.9 Å². The Morgan fingerprint density at radius 1 is 1.20 bits per heavy atom. The van der Waals surface area contributed by atoms with Gasteiger partial charge in [-0.25, -0.2) is 4.79 Å². The molecule has 1 aromatic rings. The third kappa shape index (κ3) is 3.53. The SMILES string of the molecule is CNC(=O)[C@@]12CCC3(CCN(C(=O)NCc4cccc(OC)c4)CC3)[C@@H]1CN(C)C2. The molecule has 4 rings (SSSR count). The van der Waals surface area contributed by atoms with Gasteiger partial charge in [-0.2, -0.15) is 0 Å². The minimum Gasteiger partial charge on any atom is -0.497 e. The predicted octanol–water partition coefficient (Wildman–Crippen LogP) is 2.07. The van der Waals surface area contributed by atoms with Crippen molar-refractivity contribution in [3.05, 3.63) is 29.8 Å². The summed E-state index contributed by atoms with van der Waals surface area (Å²) >= 11 is 0. The fourth-order valence-electron chi connectivity index (χ4n) is 6.24. The van der Waals surface area contributed by atoms with Crippen LogP contribution in [0.4, 0.5) is 4.79 Å². The smallest absolute Gasteiger partial charge is 0.317 e. The number of likely N-dealkylation sites (tertiary alicyclic amines) is 2. The maximum absolute atomic E-state index is 12.8. The molecule has 1 aliphatic carbocycles. The van der Waals surface area contributed by atoms with Crippen molar-refractivity contribution in [2.24, 2.45) is 16.7 Å². The Morgan fingerprint density at radius 3 is 2.67 bits per heavy atom. The summed E-state index contributed by atoms with van der Waals surface area (Å²) in [5.74, 6) is 1.38. The molecule has 0 unspecified atom stereocenters. The van der Waals surface area contributed by atoms with Crippen LogP contribution in [0, 0.1) is 16.7 Å². The molecule has 3 amide bonds. The van der Waals surface area contributed by atoms with Crippen LogP contribution >= 0.6 is 0 Å². The van der Waals surface area contributed by atoms with E-state index in [1.807, 2.05) is 29.2 Å². The Hall–Kier alpha value is -2.28. The molecular weight excluding hydrogens is 380 g/mol. The summed E-state index contributed by atoms with van der Waals surface area (Å²) in [6, 6.07) is 7.76. The van der Waals surface area contributed by atoms with E-state index in [1.54, 1.807) is 14.2 Å². The highest BCUT2D eigenvalue weighted by Gasteiger charge is 2.63. The molecule has 0 bridgehead atoms. The Kier molecular flexibility index (Phi) is 5.66. The molecule has 7 heteroatoms. The number of urea groups is 1. The van der Waals surface area contributed by atoms with Gasteiger partial charge in [0.25, 0.3) is 0 Å². The molecule has 30 heavy (non-hydrogen) atoms. The second-order valence-electron chi connectivity index (χ2n) is 9.34. The minimum atomic E-state index is -0.250. The van der Waals surface area contributed by atoms with Gasteiger partial charge in [-0.05, 0) is 61.8 Å². The molecule has 0 aromatic heterocycles. The number of fused-ring (bicyclic) bond motifs is 2. The second kappa shape index (κ2) is 8.10. The van der Waals surface area contributed by atoms with Crippen LogP contribution in [0.15, 0.2) is 24.3 Å². The van der Waals surface area contributed by atoms with E-state index in [0.29, 0.717) is 12.5 Å². The standard InChI is InChI=1S/C23H34N4O3/c1-24-20(28)23-8-7-22(19(23)15-26(2)16-23)9-11-27(12-10-22)21(29)25-14-17-5-4-6-18(13-17)30-3/h4-6,13,19H,7-12,14-16H2,1-3H3,(H,24,28)(H,25,29)/t19-,23+/m0/s1. The zero-order valence-electron chi connectivity index (χ0n) is 18.4. The van der Waals surface area contributed by atoms with E-state index in [2.05, 4.69) is 22.6 Å². The number of nitrogens with zero attached hydrogens (tertiary/aromatic N) is 2. The number of hydrogen-bond donors (Lipinski definition) is 2. The fourth-order valence-corrected chi connectivity index (χ4v) is 6.24. The zero-order chi connectivity index (χ0) is 21.4. The Morgan fingerprint density at radius 2 is 1.97 bits per heavy atom. The van der Waals surface area contributed by atoms with Crippen molar-refractivity contribution >= 4 is 11.9 Å². The van der Waals surface area contributed by atoms with Gasteiger partial charge in [-0.1, -0.05) is 12.1 Å². The van der Waals surface area contributed by atoms with Crippen LogP contribution in [-0.2, 0) is 11.3 Å². The van der Waals surface area contributed by atoms with Gasteiger partial charge in [-0.15, -0.1) is 0 Å². The average Bonchev–Trinajstić information content (AvgIpc) is 3.27. The lowest BCUT2D eigenvalue weighted by Gasteiger charge is -2.44. The summed E-state index contributed by atoms with van der Waals surface area (Å²) in [7, 11) is 5.52. The molecule has 2 aliphatic heterocycles. The average molecular weight is 415 g/mol. The first-order valence-electron chi connectivity index (χ1n) is 11.0. The molecule has 3 aliphatic rings. The number of piperidine rings is 1. The lowest BCUT2D eigenvalue weighted by atomic mass is 9.65. The first-order valence-corrected chi connectivity index (χ1v) is 11.0. The van der Waals surface area contributed by atoms with Gasteiger partial charge in [0, 0.05) is 39.8 Å². The zero-order valence-corrected chi connectivity index (χ0v) is 18.4. The van der Waals surface area contributed by atoms with E-state index in [9.17, 15) is 9.59 Å². The molecule has 1 aromatic carbocycles. The lowest BCUT2D eigenvalue weighted by molar-refractivity contribution is -0.132. The monoisotopic (exact) mass is 414 g/mol. The van der Waals surface area contributed by atoms with Gasteiger partial charge < -0.3 is 25.2 Å². The lowest BCUT2D eigenvalue weighted by Crippen LogP contribution is -2.51. The summed E-state index contributed by atoms with van der Waals surface area (Å²) in [5, 5.41) is 5.98. The third-order valence-corrected chi connectivity index (χ3v) is 7.83. The highest BCUT2D eigenvalue weighted by atomic mass is 16.5. The molecule has 7 nitrogen and oxygen atoms in total. The van der Waals surface area contributed by atoms with E-state index < -0.39 is 0 Å². The summed E-state index contributed by atoms with van der Waals surface area (Å²) in [6.07, 6.45) is 4.02. The largest absolute Gasteiger partial charge is 0.497 e. The number of carbonyl (C=O) groups is 2. The van der Waals surface area contributed by atoms with Gasteiger partial charge in [0.05, 0.1) is 12.5 Å².